The Morgan fingerprint density at radius 2 is 2.30 bits per heavy atom. The summed E-state index contributed by atoms with van der Waals surface area (Å²) in [5.41, 5.74) is 6.82. The van der Waals surface area contributed by atoms with E-state index >= 15 is 0 Å². The third-order valence-corrected chi connectivity index (χ3v) is 1.38. The van der Waals surface area contributed by atoms with Crippen LogP contribution in [0.25, 0.3) is 0 Å². The minimum atomic E-state index is 1.04. The molecule has 0 bridgehead atoms. The Labute approximate surface area is 63.3 Å². The SMILES string of the molecule is C=C=C=CCCC(C)=CC. The van der Waals surface area contributed by atoms with E-state index < -0.39 is 0 Å². The molecule has 10 heavy (non-hydrogen) atoms. The van der Waals surface area contributed by atoms with Gasteiger partial charge in [0.1, 0.15) is 0 Å². The van der Waals surface area contributed by atoms with E-state index in [1.165, 1.54) is 5.57 Å². The van der Waals surface area contributed by atoms with Gasteiger partial charge in [0.15, 0.2) is 0 Å². The van der Waals surface area contributed by atoms with E-state index in [0.717, 1.165) is 12.8 Å². The number of allylic oxidation sites excluding steroid dienone is 3. The second kappa shape index (κ2) is 6.16. The lowest BCUT2D eigenvalue weighted by atomic mass is 10.1. The fourth-order valence-corrected chi connectivity index (χ4v) is 0.589. The first kappa shape index (κ1) is 9.04. The van der Waals surface area contributed by atoms with Crippen LogP contribution in [0.2, 0.25) is 0 Å². The minimum absolute atomic E-state index is 1.04. The van der Waals surface area contributed by atoms with Crippen molar-refractivity contribution in [3.63, 3.8) is 0 Å². The van der Waals surface area contributed by atoms with Crippen LogP contribution in [-0.2, 0) is 0 Å². The maximum absolute atomic E-state index is 3.42. The van der Waals surface area contributed by atoms with Gasteiger partial charge in [0.05, 0.1) is 0 Å². The molecule has 0 saturated carbocycles. The molecule has 0 amide bonds. The molecule has 0 rings (SSSR count). The summed E-state index contributed by atoms with van der Waals surface area (Å²) in [7, 11) is 0. The first-order chi connectivity index (χ1) is 4.81. The van der Waals surface area contributed by atoms with Gasteiger partial charge < -0.3 is 0 Å². The molecule has 0 heteroatoms. The van der Waals surface area contributed by atoms with Gasteiger partial charge in [-0.15, -0.1) is 0 Å². The van der Waals surface area contributed by atoms with Gasteiger partial charge in [-0.1, -0.05) is 23.1 Å². The third-order valence-electron chi connectivity index (χ3n) is 1.38. The molecule has 0 N–H and O–H groups in total. The van der Waals surface area contributed by atoms with Crippen molar-refractivity contribution in [2.75, 3.05) is 0 Å². The summed E-state index contributed by atoms with van der Waals surface area (Å²) in [5, 5.41) is 0. The highest BCUT2D eigenvalue weighted by molar-refractivity contribution is 4.97. The van der Waals surface area contributed by atoms with Crippen molar-refractivity contribution in [3.8, 4) is 0 Å². The summed E-state index contributed by atoms with van der Waals surface area (Å²) < 4.78 is 0. The second-order valence-corrected chi connectivity index (χ2v) is 2.20. The molecule has 0 spiro atoms. The van der Waals surface area contributed by atoms with Crippen molar-refractivity contribution < 1.29 is 0 Å². The molecular formula is C10H14. The second-order valence-electron chi connectivity index (χ2n) is 2.20. The van der Waals surface area contributed by atoms with Gasteiger partial charge in [-0.3, -0.25) is 0 Å². The topological polar surface area (TPSA) is 0 Å². The Morgan fingerprint density at radius 3 is 2.80 bits per heavy atom. The molecule has 0 saturated heterocycles. The lowest BCUT2D eigenvalue weighted by Gasteiger charge is -1.92. The molecule has 0 fully saturated rings. The summed E-state index contributed by atoms with van der Waals surface area (Å²) in [5.74, 6) is 0. The molecule has 0 heterocycles. The Bertz CT molecular complexity index is 182. The van der Waals surface area contributed by atoms with E-state index in [1.807, 2.05) is 6.08 Å². The van der Waals surface area contributed by atoms with Crippen LogP contribution in [0.5, 0.6) is 0 Å². The highest BCUT2D eigenvalue weighted by atomic mass is 13.9. The van der Waals surface area contributed by atoms with Gasteiger partial charge in [0.25, 0.3) is 0 Å². The van der Waals surface area contributed by atoms with E-state index in [4.69, 9.17) is 0 Å². The van der Waals surface area contributed by atoms with Crippen LogP contribution in [0.15, 0.2) is 35.8 Å². The smallest absolute Gasteiger partial charge is 0.0231 e. The predicted molar refractivity (Wildman–Crippen MR) is 45.9 cm³/mol. The van der Waals surface area contributed by atoms with Crippen molar-refractivity contribution >= 4 is 0 Å². The maximum Gasteiger partial charge on any atom is -0.0231 e. The molecule has 0 aliphatic rings. The van der Waals surface area contributed by atoms with E-state index in [0.29, 0.717) is 0 Å². The molecular weight excluding hydrogens is 120 g/mol. The van der Waals surface area contributed by atoms with Crippen LogP contribution in [0.1, 0.15) is 26.7 Å². The zero-order chi connectivity index (χ0) is 7.82. The maximum atomic E-state index is 3.42. The number of hydrogen-bond donors (Lipinski definition) is 0. The highest BCUT2D eigenvalue weighted by Gasteiger charge is 1.82. The zero-order valence-electron chi connectivity index (χ0n) is 6.78. The van der Waals surface area contributed by atoms with E-state index in [2.05, 4.69) is 38.0 Å². The molecule has 54 valence electrons. The normalized spacial score (nSPS) is 10.0. The molecule has 0 atom stereocenters. The predicted octanol–water partition coefficient (Wildman–Crippen LogP) is 3.23. The monoisotopic (exact) mass is 134 g/mol. The largest absolute Gasteiger partial charge is 0.0887 e. The van der Waals surface area contributed by atoms with E-state index in [9.17, 15) is 0 Å². The van der Waals surface area contributed by atoms with Crippen LogP contribution < -0.4 is 0 Å². The van der Waals surface area contributed by atoms with Gasteiger partial charge >= 0.3 is 0 Å². The van der Waals surface area contributed by atoms with Crippen LogP contribution >= 0.6 is 0 Å². The molecule has 0 nitrogen and oxygen atoms in total. The number of hydrogen-bond acceptors (Lipinski definition) is 0. The first-order valence-electron chi connectivity index (χ1n) is 3.52. The Hall–Kier alpha value is -0.960. The summed E-state index contributed by atoms with van der Waals surface area (Å²) >= 11 is 0. The van der Waals surface area contributed by atoms with Crippen molar-refractivity contribution in [1.29, 1.82) is 0 Å². The molecule has 0 aromatic carbocycles. The fourth-order valence-electron chi connectivity index (χ4n) is 0.589. The Kier molecular flexibility index (Phi) is 5.57. The van der Waals surface area contributed by atoms with Gasteiger partial charge in [-0.2, -0.15) is 0 Å². The summed E-state index contributed by atoms with van der Waals surface area (Å²) in [6.45, 7) is 7.60. The van der Waals surface area contributed by atoms with Gasteiger partial charge in [-0.05, 0) is 39.3 Å². The van der Waals surface area contributed by atoms with Gasteiger partial charge in [-0.25, -0.2) is 0 Å². The van der Waals surface area contributed by atoms with Crippen molar-refractivity contribution in [3.05, 3.63) is 35.8 Å². The van der Waals surface area contributed by atoms with Crippen molar-refractivity contribution in [2.24, 2.45) is 0 Å². The van der Waals surface area contributed by atoms with Gasteiger partial charge in [0.2, 0.25) is 0 Å². The van der Waals surface area contributed by atoms with Crippen LogP contribution in [0, 0.1) is 0 Å². The third kappa shape index (κ3) is 5.18. The summed E-state index contributed by atoms with van der Waals surface area (Å²) in [6, 6.07) is 0. The van der Waals surface area contributed by atoms with E-state index in [1.54, 1.807) is 0 Å². The van der Waals surface area contributed by atoms with Crippen LogP contribution in [0.3, 0.4) is 0 Å². The molecule has 0 radical (unpaired) electrons. The Balaban J connectivity index is 3.56. The van der Waals surface area contributed by atoms with Crippen molar-refractivity contribution in [1.82, 2.24) is 0 Å². The molecule has 0 aromatic rings. The number of rotatable bonds is 3. The standard InChI is InChI=1S/C10H14/c1-4-6-7-8-9-10(3)5-2/h5,7H,1,8-9H2,2-3H3. The average Bonchev–Trinajstić information content (AvgIpc) is 1.98. The van der Waals surface area contributed by atoms with E-state index in [-0.39, 0.29) is 0 Å². The zero-order valence-corrected chi connectivity index (χ0v) is 6.78. The minimum Gasteiger partial charge on any atom is -0.0887 e. The molecule has 0 aliphatic heterocycles. The quantitative estimate of drug-likeness (QED) is 0.410. The van der Waals surface area contributed by atoms with Crippen molar-refractivity contribution in [2.45, 2.75) is 26.7 Å². The highest BCUT2D eigenvalue weighted by Crippen LogP contribution is 2.02. The summed E-state index contributed by atoms with van der Waals surface area (Å²) in [6.07, 6.45) is 6.25. The molecule has 0 aliphatic carbocycles. The Morgan fingerprint density at radius 1 is 1.60 bits per heavy atom. The fraction of sp³-hybridized carbons (Fsp3) is 0.400. The van der Waals surface area contributed by atoms with Crippen LogP contribution in [0.4, 0.5) is 0 Å². The lowest BCUT2D eigenvalue weighted by molar-refractivity contribution is 0.975. The van der Waals surface area contributed by atoms with Gasteiger partial charge in [0, 0.05) is 0 Å². The first-order valence-corrected chi connectivity index (χ1v) is 3.52. The van der Waals surface area contributed by atoms with Crippen LogP contribution in [-0.4, -0.2) is 0 Å². The molecule has 0 unspecified atom stereocenters. The average molecular weight is 134 g/mol. The molecule has 0 aromatic heterocycles. The summed E-state index contributed by atoms with van der Waals surface area (Å²) in [4.78, 5) is 0. The lowest BCUT2D eigenvalue weighted by Crippen LogP contribution is -1.72.